The van der Waals surface area contributed by atoms with Crippen molar-refractivity contribution in [1.82, 2.24) is 0 Å². The fraction of sp³-hybridized carbons (Fsp3) is 0.105. The van der Waals surface area contributed by atoms with E-state index in [1.165, 1.54) is 22.3 Å². The number of allylic oxidation sites excluding steroid dienone is 2. The van der Waals surface area contributed by atoms with Crippen molar-refractivity contribution in [2.24, 2.45) is 0 Å². The van der Waals surface area contributed by atoms with Gasteiger partial charge in [-0.05, 0) is 11.1 Å². The molecule has 2 unspecified atom stereocenters. The molecule has 0 aliphatic heterocycles. The largest absolute Gasteiger partial charge is 4.00 e. The fourth-order valence-corrected chi connectivity index (χ4v) is 3.11. The SMILES string of the molecule is C1=CC([CH-]C2C=Cc3ccccc32)c2ccccc21.[Cl-].[Cl-].[Cl-].[Zr+4]. The molecule has 2 aromatic carbocycles. The zero-order valence-corrected chi connectivity index (χ0v) is 17.0. The van der Waals surface area contributed by atoms with Gasteiger partial charge in [0, 0.05) is 0 Å². The molecule has 0 bridgehead atoms. The van der Waals surface area contributed by atoms with Gasteiger partial charge in [0.1, 0.15) is 0 Å². The van der Waals surface area contributed by atoms with Crippen LogP contribution in [0, 0.1) is 6.42 Å². The van der Waals surface area contributed by atoms with Crippen molar-refractivity contribution < 1.29 is 63.4 Å². The molecular weight excluding hydrogens is 426 g/mol. The average Bonchev–Trinajstić information content (AvgIpc) is 3.05. The molecule has 0 spiro atoms. The predicted molar refractivity (Wildman–Crippen MR) is 80.7 cm³/mol. The van der Waals surface area contributed by atoms with Gasteiger partial charge in [0.25, 0.3) is 0 Å². The Hall–Kier alpha value is -0.327. The molecule has 0 saturated carbocycles. The maximum Gasteiger partial charge on any atom is 4.00 e. The second kappa shape index (κ2) is 9.85. The molecule has 4 rings (SSSR count). The Morgan fingerprint density at radius 3 is 1.43 bits per heavy atom. The second-order valence-electron chi connectivity index (χ2n) is 5.22. The Balaban J connectivity index is 0.00000121. The van der Waals surface area contributed by atoms with Gasteiger partial charge in [0.05, 0.1) is 0 Å². The van der Waals surface area contributed by atoms with Gasteiger partial charge in [-0.15, -0.1) is 24.0 Å². The zero-order chi connectivity index (χ0) is 12.7. The van der Waals surface area contributed by atoms with E-state index in [1.54, 1.807) is 0 Å². The molecule has 2 aliphatic carbocycles. The summed E-state index contributed by atoms with van der Waals surface area (Å²) in [5.74, 6) is 0.883. The van der Waals surface area contributed by atoms with Crippen LogP contribution in [0.1, 0.15) is 34.1 Å². The Bertz CT molecular complexity index is 635. The first-order chi connectivity index (χ1) is 9.42. The van der Waals surface area contributed by atoms with Crippen molar-refractivity contribution in [1.29, 1.82) is 0 Å². The van der Waals surface area contributed by atoms with Crippen molar-refractivity contribution in [3.8, 4) is 0 Å². The van der Waals surface area contributed by atoms with E-state index in [-0.39, 0.29) is 63.4 Å². The standard InChI is InChI=1S/C19H15.3ClH.Zr/c1-3-7-18-14(5-1)9-11-16(18)13-17-12-10-15-6-2-4-8-19(15)17;;;;/h1-13,16-17H;3*1H;/q-1;;;;+4/p-3. The van der Waals surface area contributed by atoms with Gasteiger partial charge in [-0.1, -0.05) is 71.8 Å². The summed E-state index contributed by atoms with van der Waals surface area (Å²) in [5, 5.41) is 0. The molecule has 116 valence electrons. The Morgan fingerprint density at radius 1 is 0.609 bits per heavy atom. The summed E-state index contributed by atoms with van der Waals surface area (Å²) in [6.07, 6.45) is 11.5. The van der Waals surface area contributed by atoms with Crippen LogP contribution in [0.5, 0.6) is 0 Å². The minimum Gasteiger partial charge on any atom is -1.00 e. The summed E-state index contributed by atoms with van der Waals surface area (Å²) < 4.78 is 0. The molecule has 23 heavy (non-hydrogen) atoms. The van der Waals surface area contributed by atoms with Crippen LogP contribution in [0.15, 0.2) is 60.7 Å². The Labute approximate surface area is 175 Å². The molecule has 0 radical (unpaired) electrons. The molecule has 0 N–H and O–H groups in total. The predicted octanol–water partition coefficient (Wildman–Crippen LogP) is -4.18. The average molecular weight is 441 g/mol. The van der Waals surface area contributed by atoms with Crippen LogP contribution in [0.4, 0.5) is 0 Å². The first-order valence-corrected chi connectivity index (χ1v) is 6.81. The van der Waals surface area contributed by atoms with E-state index in [0.29, 0.717) is 11.8 Å². The van der Waals surface area contributed by atoms with Crippen LogP contribution in [0.3, 0.4) is 0 Å². The van der Waals surface area contributed by atoms with Gasteiger partial charge < -0.3 is 43.6 Å². The molecule has 2 aromatic rings. The van der Waals surface area contributed by atoms with Crippen LogP contribution in [0.2, 0.25) is 0 Å². The number of hydrogen-bond acceptors (Lipinski definition) is 0. The molecule has 0 heterocycles. The summed E-state index contributed by atoms with van der Waals surface area (Å²) in [4.78, 5) is 0. The molecule has 0 nitrogen and oxygen atoms in total. The molecule has 0 amide bonds. The monoisotopic (exact) mass is 438 g/mol. The van der Waals surface area contributed by atoms with Crippen LogP contribution in [-0.4, -0.2) is 0 Å². The number of fused-ring (bicyclic) bond motifs is 2. The van der Waals surface area contributed by atoms with Gasteiger partial charge >= 0.3 is 26.2 Å². The summed E-state index contributed by atoms with van der Waals surface area (Å²) in [6.45, 7) is 0. The van der Waals surface area contributed by atoms with Crippen molar-refractivity contribution in [3.63, 3.8) is 0 Å². The first-order valence-electron chi connectivity index (χ1n) is 6.81. The van der Waals surface area contributed by atoms with Crippen molar-refractivity contribution >= 4 is 12.2 Å². The third-order valence-electron chi connectivity index (χ3n) is 4.09. The molecule has 0 saturated heterocycles. The molecule has 4 heteroatoms. The number of hydrogen-bond donors (Lipinski definition) is 0. The van der Waals surface area contributed by atoms with Gasteiger partial charge in [-0.2, -0.15) is 0 Å². The van der Waals surface area contributed by atoms with Gasteiger partial charge in [0.15, 0.2) is 0 Å². The Morgan fingerprint density at radius 2 is 1.00 bits per heavy atom. The summed E-state index contributed by atoms with van der Waals surface area (Å²) in [5.41, 5.74) is 5.58. The van der Waals surface area contributed by atoms with Crippen molar-refractivity contribution in [3.05, 3.63) is 89.4 Å². The minimum atomic E-state index is 0. The maximum absolute atomic E-state index is 2.45. The quantitative estimate of drug-likeness (QED) is 0.416. The summed E-state index contributed by atoms with van der Waals surface area (Å²) in [7, 11) is 0. The number of rotatable bonds is 2. The topological polar surface area (TPSA) is 0 Å². The number of benzene rings is 2. The van der Waals surface area contributed by atoms with Gasteiger partial charge in [-0.3, -0.25) is 0 Å². The fourth-order valence-electron chi connectivity index (χ4n) is 3.11. The molecular formula is C19H15Cl3Zr. The van der Waals surface area contributed by atoms with E-state index in [9.17, 15) is 0 Å². The van der Waals surface area contributed by atoms with Crippen LogP contribution < -0.4 is 37.2 Å². The van der Waals surface area contributed by atoms with Crippen LogP contribution >= 0.6 is 0 Å². The molecule has 2 atom stereocenters. The van der Waals surface area contributed by atoms with E-state index in [0.717, 1.165) is 0 Å². The smallest absolute Gasteiger partial charge is 1.00 e. The maximum atomic E-state index is 2.45. The first kappa shape index (κ1) is 22.7. The van der Waals surface area contributed by atoms with Gasteiger partial charge in [-0.25, -0.2) is 0 Å². The van der Waals surface area contributed by atoms with Crippen molar-refractivity contribution in [2.45, 2.75) is 11.8 Å². The summed E-state index contributed by atoms with van der Waals surface area (Å²) in [6, 6.07) is 17.3. The minimum absolute atomic E-state index is 0. The van der Waals surface area contributed by atoms with E-state index in [4.69, 9.17) is 0 Å². The number of halogens is 3. The van der Waals surface area contributed by atoms with Gasteiger partial charge in [0.2, 0.25) is 0 Å². The van der Waals surface area contributed by atoms with E-state index >= 15 is 0 Å². The van der Waals surface area contributed by atoms with Crippen LogP contribution in [0.25, 0.3) is 12.2 Å². The van der Waals surface area contributed by atoms with E-state index < -0.39 is 0 Å². The normalized spacial score (nSPS) is 18.6. The molecule has 0 fully saturated rings. The van der Waals surface area contributed by atoms with E-state index in [2.05, 4.69) is 79.3 Å². The molecule has 0 aromatic heterocycles. The molecule has 2 aliphatic rings. The third kappa shape index (κ3) is 4.40. The zero-order valence-electron chi connectivity index (χ0n) is 12.3. The Kier molecular flexibility index (Phi) is 9.71. The van der Waals surface area contributed by atoms with E-state index in [1.807, 2.05) is 0 Å². The summed E-state index contributed by atoms with van der Waals surface area (Å²) >= 11 is 0. The van der Waals surface area contributed by atoms with Crippen molar-refractivity contribution in [2.75, 3.05) is 0 Å². The third-order valence-corrected chi connectivity index (χ3v) is 4.09. The second-order valence-corrected chi connectivity index (χ2v) is 5.22. The van der Waals surface area contributed by atoms with Crippen LogP contribution in [-0.2, 0) is 26.2 Å².